The number of pyridine rings is 1. The van der Waals surface area contributed by atoms with Crippen LogP contribution in [0.15, 0.2) is 18.3 Å². The first kappa shape index (κ1) is 11.4. The van der Waals surface area contributed by atoms with Crippen LogP contribution in [-0.4, -0.2) is 28.4 Å². The van der Waals surface area contributed by atoms with Gasteiger partial charge in [-0.2, -0.15) is 5.26 Å². The van der Waals surface area contributed by atoms with Gasteiger partial charge in [-0.3, -0.25) is 4.79 Å². The lowest BCUT2D eigenvalue weighted by atomic mass is 10.2. The fraction of sp³-hybridized carbons (Fsp3) is 0.417. The Balaban J connectivity index is 2.16. The number of anilines is 1. The van der Waals surface area contributed by atoms with Crippen LogP contribution in [0.2, 0.25) is 0 Å². The number of nitrogen functional groups attached to an aromatic ring is 1. The molecule has 0 saturated heterocycles. The zero-order valence-corrected chi connectivity index (χ0v) is 9.47. The maximum atomic E-state index is 12.2. The highest BCUT2D eigenvalue weighted by Gasteiger charge is 2.33. The summed E-state index contributed by atoms with van der Waals surface area (Å²) in [5, 5.41) is 8.60. The molecule has 5 nitrogen and oxygen atoms in total. The van der Waals surface area contributed by atoms with Gasteiger partial charge in [0.15, 0.2) is 0 Å². The highest BCUT2D eigenvalue weighted by atomic mass is 16.2. The highest BCUT2D eigenvalue weighted by Crippen LogP contribution is 2.29. The minimum Gasteiger partial charge on any atom is -0.383 e. The van der Waals surface area contributed by atoms with E-state index in [4.69, 9.17) is 11.0 Å². The van der Waals surface area contributed by atoms with Gasteiger partial charge in [0.05, 0.1) is 18.1 Å². The summed E-state index contributed by atoms with van der Waals surface area (Å²) in [4.78, 5) is 17.9. The van der Waals surface area contributed by atoms with Crippen LogP contribution >= 0.6 is 0 Å². The first-order valence-corrected chi connectivity index (χ1v) is 5.62. The Morgan fingerprint density at radius 2 is 2.41 bits per heavy atom. The third-order valence-electron chi connectivity index (χ3n) is 2.78. The molecule has 0 bridgehead atoms. The van der Waals surface area contributed by atoms with Crippen molar-refractivity contribution in [3.63, 3.8) is 0 Å². The van der Waals surface area contributed by atoms with Crippen LogP contribution in [0.5, 0.6) is 0 Å². The lowest BCUT2D eigenvalue weighted by Gasteiger charge is -2.21. The summed E-state index contributed by atoms with van der Waals surface area (Å²) in [6.07, 6.45) is 3.93. The molecule has 2 N–H and O–H groups in total. The number of rotatable bonds is 4. The molecule has 1 amide bonds. The van der Waals surface area contributed by atoms with Crippen molar-refractivity contribution in [3.8, 4) is 6.07 Å². The number of hydrogen-bond donors (Lipinski definition) is 1. The smallest absolute Gasteiger partial charge is 0.257 e. The first-order chi connectivity index (χ1) is 8.24. The Kier molecular flexibility index (Phi) is 3.24. The number of amides is 1. The number of hydrogen-bond acceptors (Lipinski definition) is 4. The van der Waals surface area contributed by atoms with E-state index in [1.54, 1.807) is 23.2 Å². The molecule has 0 unspecified atom stereocenters. The summed E-state index contributed by atoms with van der Waals surface area (Å²) >= 11 is 0. The van der Waals surface area contributed by atoms with Crippen molar-refractivity contribution < 1.29 is 4.79 Å². The Morgan fingerprint density at radius 3 is 3.00 bits per heavy atom. The number of nitriles is 1. The van der Waals surface area contributed by atoms with Gasteiger partial charge in [-0.05, 0) is 25.0 Å². The van der Waals surface area contributed by atoms with E-state index in [-0.39, 0.29) is 17.8 Å². The largest absolute Gasteiger partial charge is 0.383 e. The third kappa shape index (κ3) is 2.53. The molecule has 1 aromatic rings. The summed E-state index contributed by atoms with van der Waals surface area (Å²) in [5.41, 5.74) is 6.11. The van der Waals surface area contributed by atoms with Crippen LogP contribution in [0, 0.1) is 11.3 Å². The lowest BCUT2D eigenvalue weighted by Crippen LogP contribution is -2.34. The molecule has 1 aliphatic rings. The van der Waals surface area contributed by atoms with Gasteiger partial charge in [0.1, 0.15) is 5.82 Å². The topological polar surface area (TPSA) is 83.0 Å². The number of carbonyl (C=O) groups is 1. The van der Waals surface area contributed by atoms with E-state index in [0.717, 1.165) is 12.8 Å². The van der Waals surface area contributed by atoms with Gasteiger partial charge in [-0.25, -0.2) is 4.98 Å². The van der Waals surface area contributed by atoms with Gasteiger partial charge >= 0.3 is 0 Å². The van der Waals surface area contributed by atoms with Crippen molar-refractivity contribution in [3.05, 3.63) is 23.9 Å². The SMILES string of the molecule is N#CCCN(C(=O)c1cccnc1N)C1CC1. The minimum atomic E-state index is -0.117. The minimum absolute atomic E-state index is 0.117. The normalized spacial score (nSPS) is 14.1. The van der Waals surface area contributed by atoms with Crippen molar-refractivity contribution in [1.29, 1.82) is 5.26 Å². The van der Waals surface area contributed by atoms with Crippen molar-refractivity contribution in [1.82, 2.24) is 9.88 Å². The summed E-state index contributed by atoms with van der Waals surface area (Å²) in [5.74, 6) is 0.133. The van der Waals surface area contributed by atoms with Gasteiger partial charge in [-0.1, -0.05) is 0 Å². The molecular formula is C12H14N4O. The standard InChI is InChI=1S/C12H14N4O/c13-6-2-8-16(9-4-5-9)12(17)10-3-1-7-15-11(10)14/h1,3,7,9H,2,4-5,8H2,(H2,14,15). The van der Waals surface area contributed by atoms with Crippen LogP contribution in [0.4, 0.5) is 5.82 Å². The van der Waals surface area contributed by atoms with Crippen LogP contribution in [0.3, 0.4) is 0 Å². The zero-order valence-electron chi connectivity index (χ0n) is 9.47. The van der Waals surface area contributed by atoms with Crippen LogP contribution < -0.4 is 5.73 Å². The van der Waals surface area contributed by atoms with Gasteiger partial charge in [0.25, 0.3) is 5.91 Å². The van der Waals surface area contributed by atoms with Gasteiger partial charge in [0, 0.05) is 18.8 Å². The molecule has 5 heteroatoms. The van der Waals surface area contributed by atoms with Crippen LogP contribution in [0.1, 0.15) is 29.6 Å². The van der Waals surface area contributed by atoms with E-state index < -0.39 is 0 Å². The van der Waals surface area contributed by atoms with E-state index >= 15 is 0 Å². The molecule has 88 valence electrons. The van der Waals surface area contributed by atoms with Gasteiger partial charge < -0.3 is 10.6 Å². The number of carbonyl (C=O) groups excluding carboxylic acids is 1. The number of nitrogens with two attached hydrogens (primary N) is 1. The van der Waals surface area contributed by atoms with E-state index in [1.807, 2.05) is 0 Å². The number of aromatic nitrogens is 1. The van der Waals surface area contributed by atoms with Crippen molar-refractivity contribution >= 4 is 11.7 Å². The Labute approximate surface area is 99.9 Å². The summed E-state index contributed by atoms with van der Waals surface area (Å²) in [6.45, 7) is 0.467. The Morgan fingerprint density at radius 1 is 1.65 bits per heavy atom. The number of nitrogens with zero attached hydrogens (tertiary/aromatic N) is 3. The molecule has 0 atom stereocenters. The summed E-state index contributed by atoms with van der Waals surface area (Å²) in [7, 11) is 0. The second kappa shape index (κ2) is 4.83. The molecule has 17 heavy (non-hydrogen) atoms. The van der Waals surface area contributed by atoms with Gasteiger partial charge in [-0.15, -0.1) is 0 Å². The van der Waals surface area contributed by atoms with E-state index in [2.05, 4.69) is 11.1 Å². The van der Waals surface area contributed by atoms with Crippen LogP contribution in [-0.2, 0) is 0 Å². The van der Waals surface area contributed by atoms with Gasteiger partial charge in [0.2, 0.25) is 0 Å². The first-order valence-electron chi connectivity index (χ1n) is 5.62. The molecule has 2 rings (SSSR count). The predicted molar refractivity (Wildman–Crippen MR) is 62.9 cm³/mol. The molecule has 0 radical (unpaired) electrons. The average Bonchev–Trinajstić information content (AvgIpc) is 3.14. The molecule has 0 aliphatic heterocycles. The highest BCUT2D eigenvalue weighted by molar-refractivity contribution is 5.98. The fourth-order valence-electron chi connectivity index (χ4n) is 1.76. The molecule has 1 heterocycles. The van der Waals surface area contributed by atoms with Crippen molar-refractivity contribution in [2.45, 2.75) is 25.3 Å². The van der Waals surface area contributed by atoms with Crippen molar-refractivity contribution in [2.75, 3.05) is 12.3 Å². The molecule has 1 fully saturated rings. The van der Waals surface area contributed by atoms with Crippen molar-refractivity contribution in [2.24, 2.45) is 0 Å². The second-order valence-corrected chi connectivity index (χ2v) is 4.07. The monoisotopic (exact) mass is 230 g/mol. The lowest BCUT2D eigenvalue weighted by molar-refractivity contribution is 0.0747. The average molecular weight is 230 g/mol. The Hall–Kier alpha value is -2.09. The Bertz CT molecular complexity index is 462. The summed E-state index contributed by atoms with van der Waals surface area (Å²) in [6, 6.07) is 5.70. The molecule has 0 aromatic carbocycles. The second-order valence-electron chi connectivity index (χ2n) is 4.07. The zero-order chi connectivity index (χ0) is 12.3. The predicted octanol–water partition coefficient (Wildman–Crippen LogP) is 1.18. The molecule has 0 spiro atoms. The quantitative estimate of drug-likeness (QED) is 0.841. The van der Waals surface area contributed by atoms with E-state index in [0.29, 0.717) is 18.5 Å². The molecule has 1 saturated carbocycles. The third-order valence-corrected chi connectivity index (χ3v) is 2.78. The molecular weight excluding hydrogens is 216 g/mol. The maximum Gasteiger partial charge on any atom is 0.257 e. The fourth-order valence-corrected chi connectivity index (χ4v) is 1.76. The van der Waals surface area contributed by atoms with E-state index in [9.17, 15) is 4.79 Å². The summed E-state index contributed by atoms with van der Waals surface area (Å²) < 4.78 is 0. The molecule has 1 aliphatic carbocycles. The molecule has 1 aromatic heterocycles. The maximum absolute atomic E-state index is 12.2. The van der Waals surface area contributed by atoms with Crippen LogP contribution in [0.25, 0.3) is 0 Å². The van der Waals surface area contributed by atoms with E-state index in [1.165, 1.54) is 0 Å².